The summed E-state index contributed by atoms with van der Waals surface area (Å²) in [7, 11) is 0. The first kappa shape index (κ1) is 24.5. The number of aliphatic hydroxyl groups excluding tert-OH is 2. The molecule has 3 aromatic rings. The maximum atomic E-state index is 15.2. The van der Waals surface area contributed by atoms with Crippen molar-refractivity contribution >= 4 is 22.5 Å². The monoisotopic (exact) mass is 504 g/mol. The Labute approximate surface area is 205 Å². The highest BCUT2D eigenvalue weighted by Gasteiger charge is 2.53. The van der Waals surface area contributed by atoms with E-state index in [1.165, 1.54) is 30.3 Å². The molecule has 1 aromatic heterocycles. The van der Waals surface area contributed by atoms with Gasteiger partial charge in [0.2, 0.25) is 5.91 Å². The van der Waals surface area contributed by atoms with Gasteiger partial charge in [-0.05, 0) is 42.7 Å². The molecule has 2 aromatic carbocycles. The molecule has 0 bridgehead atoms. The van der Waals surface area contributed by atoms with E-state index in [9.17, 15) is 23.8 Å². The number of amides is 1. The smallest absolute Gasteiger partial charge is 0.395 e. The van der Waals surface area contributed by atoms with Gasteiger partial charge in [0.15, 0.2) is 11.5 Å². The van der Waals surface area contributed by atoms with Gasteiger partial charge in [-0.3, -0.25) is 4.79 Å². The second kappa shape index (κ2) is 8.14. The lowest BCUT2D eigenvalue weighted by molar-refractivity contribution is -0.286. The molecule has 2 heterocycles. The number of halogens is 3. The van der Waals surface area contributed by atoms with Crippen molar-refractivity contribution in [1.82, 2.24) is 4.57 Å². The molecule has 0 radical (unpaired) electrons. The lowest BCUT2D eigenvalue weighted by Gasteiger charge is -2.23. The van der Waals surface area contributed by atoms with Crippen molar-refractivity contribution in [3.05, 3.63) is 53.5 Å². The van der Waals surface area contributed by atoms with Crippen LogP contribution in [0.5, 0.6) is 11.5 Å². The number of nitrogens with zero attached hydrogens (tertiary/aromatic N) is 1. The van der Waals surface area contributed by atoms with E-state index in [0.717, 1.165) is 5.69 Å². The molecule has 10 heteroatoms. The van der Waals surface area contributed by atoms with Crippen LogP contribution in [0, 0.1) is 5.82 Å². The first-order valence-electron chi connectivity index (χ1n) is 11.7. The predicted octanol–water partition coefficient (Wildman–Crippen LogP) is 4.42. The zero-order valence-corrected chi connectivity index (χ0v) is 20.1. The summed E-state index contributed by atoms with van der Waals surface area (Å²) in [5.41, 5.74) is 0.532. The Morgan fingerprint density at radius 3 is 2.47 bits per heavy atom. The standard InChI is InChI=1S/C26H27F3N2O5/c1-24(2,3)22-9-14-8-18(17(27)11-19(14)31(22)12-16(33)13-32)30-23(34)25(6-7-25)15-4-5-20-21(10-15)36-26(28,29)35-20/h4-5,8-11,16,32-33H,6-7,12-13H2,1-3H3,(H,30,34)/t16-/m0/s1. The fourth-order valence-corrected chi connectivity index (χ4v) is 4.73. The van der Waals surface area contributed by atoms with Crippen LogP contribution in [-0.4, -0.2) is 39.7 Å². The molecule has 0 unspecified atom stereocenters. The number of alkyl halides is 2. The average molecular weight is 505 g/mol. The van der Waals surface area contributed by atoms with Crippen LogP contribution in [0.25, 0.3) is 10.9 Å². The Bertz CT molecular complexity index is 1360. The summed E-state index contributed by atoms with van der Waals surface area (Å²) in [5.74, 6) is -1.36. The number of ether oxygens (including phenoxy) is 2. The van der Waals surface area contributed by atoms with Crippen molar-refractivity contribution in [1.29, 1.82) is 0 Å². The van der Waals surface area contributed by atoms with Crippen molar-refractivity contribution in [2.24, 2.45) is 0 Å². The maximum absolute atomic E-state index is 15.2. The van der Waals surface area contributed by atoms with E-state index >= 15 is 4.39 Å². The number of carbonyl (C=O) groups is 1. The van der Waals surface area contributed by atoms with Crippen LogP contribution in [0.15, 0.2) is 36.4 Å². The predicted molar refractivity (Wildman–Crippen MR) is 126 cm³/mol. The summed E-state index contributed by atoms with van der Waals surface area (Å²) in [6.45, 7) is 5.62. The van der Waals surface area contributed by atoms with Gasteiger partial charge < -0.3 is 29.6 Å². The first-order chi connectivity index (χ1) is 16.8. The van der Waals surface area contributed by atoms with Crippen LogP contribution in [0.3, 0.4) is 0 Å². The Hall–Kier alpha value is -3.24. The third-order valence-corrected chi connectivity index (χ3v) is 6.75. The van der Waals surface area contributed by atoms with Gasteiger partial charge in [0.05, 0.1) is 35.9 Å². The number of anilines is 1. The third-order valence-electron chi connectivity index (χ3n) is 6.75. The minimum atomic E-state index is -3.76. The largest absolute Gasteiger partial charge is 0.586 e. The quantitative estimate of drug-likeness (QED) is 0.462. The van der Waals surface area contributed by atoms with E-state index in [1.807, 2.05) is 26.8 Å². The Balaban J connectivity index is 1.46. The number of hydrogen-bond donors (Lipinski definition) is 3. The van der Waals surface area contributed by atoms with Crippen molar-refractivity contribution in [3.8, 4) is 11.5 Å². The number of aliphatic hydroxyl groups is 2. The Morgan fingerprint density at radius 1 is 1.14 bits per heavy atom. The van der Waals surface area contributed by atoms with Gasteiger partial charge in [-0.1, -0.05) is 26.8 Å². The van der Waals surface area contributed by atoms with Gasteiger partial charge >= 0.3 is 6.29 Å². The van der Waals surface area contributed by atoms with Gasteiger partial charge in [-0.15, -0.1) is 8.78 Å². The van der Waals surface area contributed by atoms with E-state index in [-0.39, 0.29) is 29.1 Å². The number of carbonyl (C=O) groups excluding carboxylic acids is 1. The van der Waals surface area contributed by atoms with Crippen LogP contribution in [-0.2, 0) is 22.2 Å². The molecular weight excluding hydrogens is 477 g/mol. The van der Waals surface area contributed by atoms with Gasteiger partial charge in [0.25, 0.3) is 0 Å². The number of hydrogen-bond acceptors (Lipinski definition) is 5. The Kier molecular flexibility index (Phi) is 5.53. The number of aromatic nitrogens is 1. The molecule has 1 fully saturated rings. The molecule has 1 aliphatic heterocycles. The van der Waals surface area contributed by atoms with Crippen LogP contribution in [0.1, 0.15) is 44.9 Å². The average Bonchev–Trinajstić information content (AvgIpc) is 3.44. The minimum absolute atomic E-state index is 0.00799. The SMILES string of the molecule is CC(C)(C)c1cc2cc(NC(=O)C3(c4ccc5c(c4)OC(F)(F)O5)CC3)c(F)cc2n1C[C@H](O)CO. The van der Waals surface area contributed by atoms with Crippen LogP contribution >= 0.6 is 0 Å². The molecule has 36 heavy (non-hydrogen) atoms. The second-order valence-electron chi connectivity index (χ2n) is 10.5. The number of rotatable bonds is 6. The van der Waals surface area contributed by atoms with Crippen LogP contribution in [0.2, 0.25) is 0 Å². The summed E-state index contributed by atoms with van der Waals surface area (Å²) in [6.07, 6.45) is -3.82. The van der Waals surface area contributed by atoms with Crippen molar-refractivity contribution in [2.45, 2.75) is 63.4 Å². The molecule has 5 rings (SSSR count). The molecule has 192 valence electrons. The lowest BCUT2D eigenvalue weighted by atomic mass is 9.92. The Morgan fingerprint density at radius 2 is 1.83 bits per heavy atom. The number of fused-ring (bicyclic) bond motifs is 2. The molecular formula is C26H27F3N2O5. The van der Waals surface area contributed by atoms with E-state index in [4.69, 9.17) is 0 Å². The highest BCUT2D eigenvalue weighted by atomic mass is 19.3. The zero-order chi connectivity index (χ0) is 26.0. The summed E-state index contributed by atoms with van der Waals surface area (Å²) in [4.78, 5) is 13.3. The van der Waals surface area contributed by atoms with Crippen molar-refractivity contribution < 1.29 is 37.7 Å². The maximum Gasteiger partial charge on any atom is 0.586 e. The zero-order valence-electron chi connectivity index (χ0n) is 20.1. The molecule has 2 aliphatic rings. The van der Waals surface area contributed by atoms with E-state index in [2.05, 4.69) is 14.8 Å². The highest BCUT2D eigenvalue weighted by molar-refractivity contribution is 6.02. The topological polar surface area (TPSA) is 93.0 Å². The number of benzene rings is 2. The van der Waals surface area contributed by atoms with Gasteiger partial charge in [0.1, 0.15) is 5.82 Å². The van der Waals surface area contributed by atoms with Crippen LogP contribution < -0.4 is 14.8 Å². The first-order valence-corrected chi connectivity index (χ1v) is 11.7. The molecule has 1 saturated carbocycles. The summed E-state index contributed by atoms with van der Waals surface area (Å²) in [5, 5.41) is 22.7. The summed E-state index contributed by atoms with van der Waals surface area (Å²) in [6, 6.07) is 8.95. The lowest BCUT2D eigenvalue weighted by Crippen LogP contribution is -2.28. The van der Waals surface area contributed by atoms with E-state index < -0.39 is 36.1 Å². The fraction of sp³-hybridized carbons (Fsp3) is 0.423. The third kappa shape index (κ3) is 4.18. The van der Waals surface area contributed by atoms with Crippen molar-refractivity contribution in [2.75, 3.05) is 11.9 Å². The number of nitrogens with one attached hydrogen (secondary N) is 1. The molecule has 1 amide bonds. The molecule has 1 aliphatic carbocycles. The molecule has 1 atom stereocenters. The van der Waals surface area contributed by atoms with Gasteiger partial charge in [-0.25, -0.2) is 4.39 Å². The molecule has 0 spiro atoms. The minimum Gasteiger partial charge on any atom is -0.395 e. The second-order valence-corrected chi connectivity index (χ2v) is 10.5. The normalized spacial score (nSPS) is 18.3. The van der Waals surface area contributed by atoms with Gasteiger partial charge in [-0.2, -0.15) is 0 Å². The van der Waals surface area contributed by atoms with Crippen LogP contribution in [0.4, 0.5) is 18.9 Å². The molecule has 0 saturated heterocycles. The summed E-state index contributed by atoms with van der Waals surface area (Å²) >= 11 is 0. The summed E-state index contributed by atoms with van der Waals surface area (Å²) < 4.78 is 52.7. The molecule has 3 N–H and O–H groups in total. The van der Waals surface area contributed by atoms with E-state index in [1.54, 1.807) is 4.57 Å². The molecule has 7 nitrogen and oxygen atoms in total. The van der Waals surface area contributed by atoms with Gasteiger partial charge in [0, 0.05) is 22.6 Å². The fourth-order valence-electron chi connectivity index (χ4n) is 4.73. The highest BCUT2D eigenvalue weighted by Crippen LogP contribution is 2.52. The van der Waals surface area contributed by atoms with Crippen molar-refractivity contribution in [3.63, 3.8) is 0 Å². The van der Waals surface area contributed by atoms with E-state index in [0.29, 0.717) is 29.3 Å².